The number of hydrogen-bond acceptors (Lipinski definition) is 3. The van der Waals surface area contributed by atoms with Gasteiger partial charge in [0.1, 0.15) is 11.7 Å². The van der Waals surface area contributed by atoms with E-state index < -0.39 is 0 Å². The zero-order valence-electron chi connectivity index (χ0n) is 9.53. The van der Waals surface area contributed by atoms with Gasteiger partial charge in [-0.1, -0.05) is 22.6 Å². The van der Waals surface area contributed by atoms with E-state index in [1.165, 1.54) is 22.4 Å². The van der Waals surface area contributed by atoms with Gasteiger partial charge in [-0.2, -0.15) is 0 Å². The van der Waals surface area contributed by atoms with Crippen LogP contribution in [-0.2, 0) is 6.54 Å². The third-order valence-electron chi connectivity index (χ3n) is 2.61. The first kappa shape index (κ1) is 12.2. The standard InChI is InChI=1S/C10H15IN4S/c1-14-6-13-10(16-2)8-9(14)12-7-15(8)5-3-4-11/h7H,3-6H2,1-2H3/p+1. The van der Waals surface area contributed by atoms with Crippen LogP contribution in [0.4, 0.5) is 5.82 Å². The lowest BCUT2D eigenvalue weighted by Gasteiger charge is -2.18. The van der Waals surface area contributed by atoms with E-state index in [1.54, 1.807) is 11.8 Å². The van der Waals surface area contributed by atoms with Crippen molar-refractivity contribution in [2.75, 3.05) is 29.3 Å². The molecule has 6 heteroatoms. The maximum atomic E-state index is 4.57. The van der Waals surface area contributed by atoms with Crippen LogP contribution in [-0.4, -0.2) is 34.4 Å². The summed E-state index contributed by atoms with van der Waals surface area (Å²) in [6.45, 7) is 1.80. The number of imidazole rings is 1. The molecule has 0 spiro atoms. The Morgan fingerprint density at radius 1 is 1.69 bits per heavy atom. The molecule has 0 atom stereocenters. The molecular weight excluding hydrogens is 335 g/mol. The number of hydrogen-bond donors (Lipinski definition) is 1. The van der Waals surface area contributed by atoms with Crippen LogP contribution in [0, 0.1) is 0 Å². The summed E-state index contributed by atoms with van der Waals surface area (Å²) in [7, 11) is 2.07. The molecule has 0 radical (unpaired) electrons. The number of aliphatic imine (C=N–C) groups is 1. The Morgan fingerprint density at radius 3 is 3.19 bits per heavy atom. The Morgan fingerprint density at radius 2 is 2.50 bits per heavy atom. The van der Waals surface area contributed by atoms with Gasteiger partial charge in [-0.15, -0.1) is 11.8 Å². The second-order valence-electron chi connectivity index (χ2n) is 3.71. The fraction of sp³-hybridized carbons (Fsp3) is 0.600. The van der Waals surface area contributed by atoms with Crippen molar-refractivity contribution in [3.05, 3.63) is 12.0 Å². The van der Waals surface area contributed by atoms with Gasteiger partial charge in [0.15, 0.2) is 0 Å². The highest BCUT2D eigenvalue weighted by Gasteiger charge is 2.28. The lowest BCUT2D eigenvalue weighted by atomic mass is 10.3. The Bertz CT molecular complexity index is 402. The number of nitrogens with one attached hydrogen (secondary N) is 1. The summed E-state index contributed by atoms with van der Waals surface area (Å²) in [5.74, 6) is 1.19. The van der Waals surface area contributed by atoms with Crippen molar-refractivity contribution < 1.29 is 4.57 Å². The maximum Gasteiger partial charge on any atom is 0.246 e. The highest BCUT2D eigenvalue weighted by molar-refractivity contribution is 14.1. The first-order valence-corrected chi connectivity index (χ1v) is 7.99. The number of anilines is 1. The van der Waals surface area contributed by atoms with Gasteiger partial charge < -0.3 is 4.90 Å². The summed E-state index contributed by atoms with van der Waals surface area (Å²) < 4.78 is 3.46. The Hall–Kier alpha value is -0.240. The first-order chi connectivity index (χ1) is 7.77. The van der Waals surface area contributed by atoms with E-state index in [2.05, 4.69) is 61.7 Å². The molecule has 0 aromatic carbocycles. The number of alkyl halides is 1. The van der Waals surface area contributed by atoms with Crippen LogP contribution in [0.1, 0.15) is 12.1 Å². The molecule has 0 amide bonds. The van der Waals surface area contributed by atoms with Crippen LogP contribution < -0.4 is 9.47 Å². The Kier molecular flexibility index (Phi) is 4.12. The van der Waals surface area contributed by atoms with Gasteiger partial charge in [0, 0.05) is 11.5 Å². The summed E-state index contributed by atoms with van der Waals surface area (Å²) in [6.07, 6.45) is 5.34. The smallest absolute Gasteiger partial charge is 0.246 e. The van der Waals surface area contributed by atoms with Crippen molar-refractivity contribution in [2.45, 2.75) is 13.0 Å². The molecule has 0 bridgehead atoms. The number of halogens is 1. The van der Waals surface area contributed by atoms with Gasteiger partial charge >= 0.3 is 0 Å². The van der Waals surface area contributed by atoms with Gasteiger partial charge in [-0.05, 0) is 12.7 Å². The number of thioether (sulfide) groups is 1. The molecule has 1 aromatic heterocycles. The van der Waals surface area contributed by atoms with Gasteiger partial charge in [0.05, 0.1) is 6.54 Å². The molecule has 1 N–H and O–H groups in total. The van der Waals surface area contributed by atoms with E-state index in [1.807, 2.05) is 0 Å². The highest BCUT2D eigenvalue weighted by atomic mass is 127. The van der Waals surface area contributed by atoms with Gasteiger partial charge in [-0.3, -0.25) is 4.99 Å². The number of fused-ring (bicyclic) bond motifs is 1. The van der Waals surface area contributed by atoms with Crippen LogP contribution >= 0.6 is 34.4 Å². The monoisotopic (exact) mass is 351 g/mol. The lowest BCUT2D eigenvalue weighted by molar-refractivity contribution is -0.696. The zero-order valence-corrected chi connectivity index (χ0v) is 12.5. The molecular formula is C10H16IN4S+. The molecule has 4 nitrogen and oxygen atoms in total. The molecule has 2 rings (SSSR count). The van der Waals surface area contributed by atoms with E-state index >= 15 is 0 Å². The third kappa shape index (κ3) is 2.22. The fourth-order valence-corrected chi connectivity index (χ4v) is 2.74. The van der Waals surface area contributed by atoms with Crippen molar-refractivity contribution in [2.24, 2.45) is 4.99 Å². The van der Waals surface area contributed by atoms with E-state index in [0.29, 0.717) is 0 Å². The van der Waals surface area contributed by atoms with Crippen LogP contribution in [0.2, 0.25) is 0 Å². The average molecular weight is 351 g/mol. The summed E-state index contributed by atoms with van der Waals surface area (Å²) in [5.41, 5.74) is 1.24. The minimum absolute atomic E-state index is 0.746. The molecule has 0 saturated heterocycles. The molecule has 1 aliphatic heterocycles. The van der Waals surface area contributed by atoms with Crippen LogP contribution in [0.15, 0.2) is 11.3 Å². The van der Waals surface area contributed by atoms with Crippen LogP contribution in [0.5, 0.6) is 0 Å². The normalized spacial score (nSPS) is 14.9. The lowest BCUT2D eigenvalue weighted by Crippen LogP contribution is -2.40. The summed E-state index contributed by atoms with van der Waals surface area (Å²) >= 11 is 4.14. The fourth-order valence-electron chi connectivity index (χ4n) is 1.81. The molecule has 0 saturated carbocycles. The molecule has 1 aliphatic rings. The molecule has 2 heterocycles. The third-order valence-corrected chi connectivity index (χ3v) is 4.08. The molecule has 0 aliphatic carbocycles. The van der Waals surface area contributed by atoms with Crippen molar-refractivity contribution in [1.82, 2.24) is 4.98 Å². The van der Waals surface area contributed by atoms with Gasteiger partial charge in [0.2, 0.25) is 17.8 Å². The van der Waals surface area contributed by atoms with E-state index in [4.69, 9.17) is 0 Å². The second kappa shape index (κ2) is 5.39. The van der Waals surface area contributed by atoms with E-state index in [9.17, 15) is 0 Å². The number of aromatic amines is 1. The van der Waals surface area contributed by atoms with Gasteiger partial charge in [-0.25, -0.2) is 9.55 Å². The number of H-pyrrole nitrogens is 1. The van der Waals surface area contributed by atoms with Crippen LogP contribution in [0.25, 0.3) is 0 Å². The first-order valence-electron chi connectivity index (χ1n) is 5.24. The summed E-state index contributed by atoms with van der Waals surface area (Å²) in [4.78, 5) is 10.1. The minimum atomic E-state index is 0.746. The zero-order chi connectivity index (χ0) is 11.5. The number of aryl methyl sites for hydroxylation is 1. The second-order valence-corrected chi connectivity index (χ2v) is 5.59. The quantitative estimate of drug-likeness (QED) is 0.511. The average Bonchev–Trinajstić information content (AvgIpc) is 2.72. The van der Waals surface area contributed by atoms with Crippen molar-refractivity contribution >= 4 is 45.2 Å². The Balaban J connectivity index is 2.34. The predicted octanol–water partition coefficient (Wildman–Crippen LogP) is 1.64. The number of rotatable bonds is 3. The summed E-state index contributed by atoms with van der Waals surface area (Å²) in [5, 5.41) is 1.14. The minimum Gasteiger partial charge on any atom is -0.319 e. The predicted molar refractivity (Wildman–Crippen MR) is 77.8 cm³/mol. The van der Waals surface area contributed by atoms with E-state index in [0.717, 1.165) is 18.3 Å². The topological polar surface area (TPSA) is 35.3 Å². The van der Waals surface area contributed by atoms with Crippen molar-refractivity contribution in [3.63, 3.8) is 0 Å². The largest absolute Gasteiger partial charge is 0.319 e. The molecule has 88 valence electrons. The van der Waals surface area contributed by atoms with Crippen LogP contribution in [0.3, 0.4) is 0 Å². The number of aromatic nitrogens is 2. The molecule has 0 unspecified atom stereocenters. The van der Waals surface area contributed by atoms with Crippen molar-refractivity contribution in [3.8, 4) is 0 Å². The molecule has 1 aromatic rings. The molecule has 0 fully saturated rings. The SMILES string of the molecule is CSC1=NCN(C)c2[nH]c[n+](CCCI)c21. The Labute approximate surface area is 114 Å². The molecule has 16 heavy (non-hydrogen) atoms. The summed E-state index contributed by atoms with van der Waals surface area (Å²) in [6, 6.07) is 0. The highest BCUT2D eigenvalue weighted by Crippen LogP contribution is 2.22. The van der Waals surface area contributed by atoms with Gasteiger partial charge in [0.25, 0.3) is 0 Å². The van der Waals surface area contributed by atoms with E-state index in [-0.39, 0.29) is 0 Å². The van der Waals surface area contributed by atoms with Crippen molar-refractivity contribution in [1.29, 1.82) is 0 Å². The number of nitrogens with zero attached hydrogens (tertiary/aromatic N) is 3. The maximum absolute atomic E-state index is 4.57.